The molecule has 4 heteroatoms. The van der Waals surface area contributed by atoms with E-state index in [1.54, 1.807) is 0 Å². The molecule has 0 amide bonds. The minimum Gasteiger partial charge on any atom is -0.435 e. The number of oxazole rings is 1. The number of fused-ring (bicyclic) bond motifs is 5. The smallest absolute Gasteiger partial charge is 0.227 e. The number of benzene rings is 11. The molecule has 1 heterocycles. The van der Waals surface area contributed by atoms with E-state index in [1.807, 2.05) is 30.3 Å². The molecule has 0 spiro atoms. The highest BCUT2D eigenvalue weighted by Crippen LogP contribution is 2.41. The first kappa shape index (κ1) is 40.0. The van der Waals surface area contributed by atoms with Crippen LogP contribution in [-0.2, 0) is 0 Å². The van der Waals surface area contributed by atoms with Crippen molar-refractivity contribution >= 4 is 78.5 Å². The number of hydrogen-bond donors (Lipinski definition) is 0. The maximum absolute atomic E-state index is 6.68. The summed E-state index contributed by atoms with van der Waals surface area (Å²) in [6.07, 6.45) is 0. The molecule has 0 aliphatic carbocycles. The lowest BCUT2D eigenvalue weighted by atomic mass is 9.94. The monoisotopic (exact) mass is 872 g/mol. The first-order chi connectivity index (χ1) is 33.2. The lowest BCUT2D eigenvalue weighted by Gasteiger charge is -2.35. The molecule has 0 atom stereocenters. The van der Waals surface area contributed by atoms with Crippen molar-refractivity contribution in [2.45, 2.75) is 0 Å². The summed E-state index contributed by atoms with van der Waals surface area (Å²) in [6.45, 7) is 0. The summed E-state index contributed by atoms with van der Waals surface area (Å²) in [4.78, 5) is 7.36. The molecule has 1 aromatic heterocycles. The van der Waals surface area contributed by atoms with Gasteiger partial charge in [0.1, 0.15) is 5.52 Å². The van der Waals surface area contributed by atoms with Crippen LogP contribution in [0.1, 0.15) is 0 Å². The zero-order valence-corrected chi connectivity index (χ0v) is 37.7. The molecule has 12 rings (SSSR count). The second-order valence-corrected chi connectivity index (χ2v) is 20.9. The van der Waals surface area contributed by atoms with Crippen LogP contribution in [0.3, 0.4) is 0 Å². The molecule has 0 unspecified atom stereocenters. The maximum atomic E-state index is 6.68. The van der Waals surface area contributed by atoms with Gasteiger partial charge >= 0.3 is 0 Å². The minimum atomic E-state index is -2.75. The van der Waals surface area contributed by atoms with E-state index in [-0.39, 0.29) is 0 Å². The van der Waals surface area contributed by atoms with Crippen LogP contribution in [-0.4, -0.2) is 13.1 Å². The minimum absolute atomic E-state index is 0.619. The molecule has 11 aromatic carbocycles. The van der Waals surface area contributed by atoms with Crippen LogP contribution in [0.15, 0.2) is 271 Å². The lowest BCUT2D eigenvalue weighted by molar-refractivity contribution is 0.623. The standard InChI is InChI=1S/C63H44N2OSi/c1-6-18-45(19-7-1)57-28-16-17-29-58(57)46-32-36-50(37-33-46)65(52-38-34-47-30-31-48-35-43-60-62(61(48)59(47)44-52)66-63(64-60)49-20-8-2-9-21-49)51-39-41-56(42-40-51)67(53-22-10-3-11-23-53,54-24-12-4-13-25-54)55-26-14-5-15-27-55/h1-44H. The van der Waals surface area contributed by atoms with E-state index in [9.17, 15) is 0 Å². The van der Waals surface area contributed by atoms with E-state index in [1.165, 1.54) is 37.4 Å². The topological polar surface area (TPSA) is 29.3 Å². The molecule has 316 valence electrons. The van der Waals surface area contributed by atoms with Crippen molar-refractivity contribution in [1.82, 2.24) is 4.98 Å². The largest absolute Gasteiger partial charge is 0.435 e. The molecular weight excluding hydrogens is 829 g/mol. The predicted octanol–water partition coefficient (Wildman–Crippen LogP) is 14.0. The van der Waals surface area contributed by atoms with Crippen LogP contribution < -0.4 is 25.6 Å². The van der Waals surface area contributed by atoms with Crippen LogP contribution in [0.25, 0.3) is 66.4 Å². The maximum Gasteiger partial charge on any atom is 0.227 e. The molecule has 0 aliphatic rings. The van der Waals surface area contributed by atoms with Gasteiger partial charge in [0.25, 0.3) is 0 Å². The second-order valence-electron chi connectivity index (χ2n) is 17.1. The van der Waals surface area contributed by atoms with E-state index in [4.69, 9.17) is 9.40 Å². The van der Waals surface area contributed by atoms with Gasteiger partial charge in [-0.15, -0.1) is 0 Å². The Labute approximate surface area is 391 Å². The van der Waals surface area contributed by atoms with Crippen molar-refractivity contribution in [1.29, 1.82) is 0 Å². The zero-order valence-electron chi connectivity index (χ0n) is 36.7. The zero-order chi connectivity index (χ0) is 44.6. The highest BCUT2D eigenvalue weighted by Gasteiger charge is 2.41. The van der Waals surface area contributed by atoms with Gasteiger partial charge in [0.15, 0.2) is 13.7 Å². The quantitative estimate of drug-likeness (QED) is 0.0779. The van der Waals surface area contributed by atoms with E-state index in [0.717, 1.165) is 60.8 Å². The van der Waals surface area contributed by atoms with E-state index in [0.29, 0.717) is 5.89 Å². The second kappa shape index (κ2) is 17.1. The van der Waals surface area contributed by atoms with E-state index < -0.39 is 8.07 Å². The molecule has 0 aliphatic heterocycles. The number of aromatic nitrogens is 1. The summed E-state index contributed by atoms with van der Waals surface area (Å²) in [5.74, 6) is 0.619. The third-order valence-electron chi connectivity index (χ3n) is 13.2. The Bertz CT molecular complexity index is 3560. The fourth-order valence-electron chi connectivity index (χ4n) is 10.1. The lowest BCUT2D eigenvalue weighted by Crippen LogP contribution is -2.74. The van der Waals surface area contributed by atoms with E-state index >= 15 is 0 Å². The summed E-state index contributed by atoms with van der Waals surface area (Å²) < 4.78 is 6.68. The van der Waals surface area contributed by atoms with Gasteiger partial charge in [0, 0.05) is 28.0 Å². The molecule has 67 heavy (non-hydrogen) atoms. The molecule has 0 bridgehead atoms. The number of nitrogens with zero attached hydrogens (tertiary/aromatic N) is 2. The first-order valence-corrected chi connectivity index (χ1v) is 24.9. The van der Waals surface area contributed by atoms with E-state index in [2.05, 4.69) is 241 Å². The summed E-state index contributed by atoms with van der Waals surface area (Å²) in [6, 6.07) is 96.7. The Morgan fingerprint density at radius 1 is 0.343 bits per heavy atom. The number of rotatable bonds is 10. The van der Waals surface area contributed by atoms with Crippen LogP contribution in [0.2, 0.25) is 0 Å². The molecular formula is C63H44N2OSi. The molecule has 0 fully saturated rings. The van der Waals surface area contributed by atoms with Gasteiger partial charge in [-0.2, -0.15) is 0 Å². The van der Waals surface area contributed by atoms with Crippen molar-refractivity contribution in [2.75, 3.05) is 4.90 Å². The molecule has 0 N–H and O–H groups in total. The fourth-order valence-corrected chi connectivity index (χ4v) is 14.9. The van der Waals surface area contributed by atoms with Crippen molar-refractivity contribution < 1.29 is 4.42 Å². The van der Waals surface area contributed by atoms with Crippen LogP contribution in [0.4, 0.5) is 17.1 Å². The van der Waals surface area contributed by atoms with Gasteiger partial charge < -0.3 is 9.32 Å². The van der Waals surface area contributed by atoms with Crippen molar-refractivity contribution in [3.05, 3.63) is 267 Å². The Morgan fingerprint density at radius 3 is 1.33 bits per heavy atom. The summed E-state index contributed by atoms with van der Waals surface area (Å²) >= 11 is 0. The summed E-state index contributed by atoms with van der Waals surface area (Å²) in [5, 5.41) is 9.76. The summed E-state index contributed by atoms with van der Waals surface area (Å²) in [5.41, 5.74) is 10.5. The molecule has 0 saturated carbocycles. The highest BCUT2D eigenvalue weighted by molar-refractivity contribution is 7.19. The Kier molecular flexibility index (Phi) is 10.2. The van der Waals surface area contributed by atoms with Gasteiger partial charge in [-0.1, -0.05) is 212 Å². The van der Waals surface area contributed by atoms with Crippen molar-refractivity contribution in [3.63, 3.8) is 0 Å². The van der Waals surface area contributed by atoms with Crippen LogP contribution in [0, 0.1) is 0 Å². The Morgan fingerprint density at radius 2 is 0.761 bits per heavy atom. The van der Waals surface area contributed by atoms with Crippen molar-refractivity contribution in [3.8, 4) is 33.7 Å². The van der Waals surface area contributed by atoms with Crippen LogP contribution >= 0.6 is 0 Å². The third-order valence-corrected chi connectivity index (χ3v) is 18.0. The van der Waals surface area contributed by atoms with Crippen molar-refractivity contribution in [2.24, 2.45) is 0 Å². The Balaban J connectivity index is 1.05. The average Bonchev–Trinajstić information content (AvgIpc) is 3.86. The predicted molar refractivity (Wildman–Crippen MR) is 284 cm³/mol. The number of hydrogen-bond acceptors (Lipinski definition) is 3. The van der Waals surface area contributed by atoms with Gasteiger partial charge in [-0.25, -0.2) is 4.98 Å². The average molecular weight is 873 g/mol. The van der Waals surface area contributed by atoms with Gasteiger partial charge in [0.2, 0.25) is 5.89 Å². The third kappa shape index (κ3) is 7.12. The number of anilines is 3. The fraction of sp³-hybridized carbons (Fsp3) is 0. The summed E-state index contributed by atoms with van der Waals surface area (Å²) in [7, 11) is -2.75. The first-order valence-electron chi connectivity index (χ1n) is 22.9. The molecule has 12 aromatic rings. The highest BCUT2D eigenvalue weighted by atomic mass is 28.3. The van der Waals surface area contributed by atoms with Gasteiger partial charge in [-0.05, 0) is 114 Å². The van der Waals surface area contributed by atoms with Gasteiger partial charge in [-0.3, -0.25) is 0 Å². The van der Waals surface area contributed by atoms with Crippen LogP contribution in [0.5, 0.6) is 0 Å². The Hall–Kier alpha value is -8.57. The molecule has 0 radical (unpaired) electrons. The SMILES string of the molecule is c1ccc(-c2nc3ccc4ccc5ccc(N(c6ccc(-c7ccccc7-c7ccccc7)cc6)c6ccc([Si](c7ccccc7)(c7ccccc7)c7ccccc7)cc6)cc5c4c3o2)cc1. The van der Waals surface area contributed by atoms with Gasteiger partial charge in [0.05, 0.1) is 0 Å². The normalized spacial score (nSPS) is 11.6. The molecule has 0 saturated heterocycles. The molecule has 3 nitrogen and oxygen atoms in total.